The van der Waals surface area contributed by atoms with E-state index in [1.54, 1.807) is 49.1 Å². The van der Waals surface area contributed by atoms with Crippen LogP contribution >= 0.6 is 0 Å². The molecule has 3 unspecified atom stereocenters. The molecule has 3 fully saturated rings. The number of likely N-dealkylation sites (tertiary alicyclic amines) is 1. The SMILES string of the molecule is COc1ccc(CC(=O)N2CC3[C@H](C)C2C2C(=O)N(c4cnc(C#N)c(C)c4)C(=O)N23)cc1OC. The number of carbonyl (C=O) groups excluding carboxylic acids is 3. The Hall–Kier alpha value is -4.13. The number of carbonyl (C=O) groups is 3. The fourth-order valence-electron chi connectivity index (χ4n) is 5.61. The summed E-state index contributed by atoms with van der Waals surface area (Å²) in [7, 11) is 3.09. The van der Waals surface area contributed by atoms with Crippen molar-refractivity contribution in [3.05, 3.63) is 47.3 Å². The third-order valence-corrected chi connectivity index (χ3v) is 7.31. The molecule has 10 nitrogen and oxygen atoms in total. The summed E-state index contributed by atoms with van der Waals surface area (Å²) < 4.78 is 10.6. The summed E-state index contributed by atoms with van der Waals surface area (Å²) >= 11 is 0. The van der Waals surface area contributed by atoms with Crippen LogP contribution in [0.3, 0.4) is 0 Å². The van der Waals surface area contributed by atoms with Gasteiger partial charge in [0.1, 0.15) is 17.8 Å². The number of hydrogen-bond donors (Lipinski definition) is 0. The molecular formula is C25H25N5O5. The molecule has 3 aliphatic heterocycles. The minimum Gasteiger partial charge on any atom is -0.493 e. The Morgan fingerprint density at radius 2 is 1.94 bits per heavy atom. The molecule has 5 rings (SSSR count). The van der Waals surface area contributed by atoms with Gasteiger partial charge in [-0.2, -0.15) is 5.26 Å². The second kappa shape index (κ2) is 8.27. The maximum absolute atomic E-state index is 13.5. The Bertz CT molecular complexity index is 1290. The zero-order valence-electron chi connectivity index (χ0n) is 19.9. The van der Waals surface area contributed by atoms with Gasteiger partial charge in [0.05, 0.1) is 44.6 Å². The van der Waals surface area contributed by atoms with E-state index < -0.39 is 18.1 Å². The smallest absolute Gasteiger partial charge is 0.332 e. The average molecular weight is 476 g/mol. The van der Waals surface area contributed by atoms with Crippen molar-refractivity contribution in [2.75, 3.05) is 25.7 Å². The highest BCUT2D eigenvalue weighted by molar-refractivity contribution is 6.22. The van der Waals surface area contributed by atoms with E-state index >= 15 is 0 Å². The van der Waals surface area contributed by atoms with E-state index in [0.29, 0.717) is 29.3 Å². The van der Waals surface area contributed by atoms with Gasteiger partial charge in [-0.05, 0) is 36.2 Å². The van der Waals surface area contributed by atoms with Crippen molar-refractivity contribution in [1.29, 1.82) is 5.26 Å². The van der Waals surface area contributed by atoms with E-state index in [0.717, 1.165) is 10.5 Å². The number of rotatable bonds is 5. The van der Waals surface area contributed by atoms with Crippen molar-refractivity contribution in [2.45, 2.75) is 38.4 Å². The number of nitriles is 1. The van der Waals surface area contributed by atoms with Crippen molar-refractivity contribution in [3.63, 3.8) is 0 Å². The zero-order chi connectivity index (χ0) is 25.0. The Labute approximate surface area is 202 Å². The van der Waals surface area contributed by atoms with Crippen LogP contribution in [0, 0.1) is 24.2 Å². The molecular weight excluding hydrogens is 450 g/mol. The molecule has 35 heavy (non-hydrogen) atoms. The monoisotopic (exact) mass is 475 g/mol. The number of piperazine rings is 1. The number of aromatic nitrogens is 1. The van der Waals surface area contributed by atoms with E-state index in [1.165, 1.54) is 6.20 Å². The summed E-state index contributed by atoms with van der Waals surface area (Å²) in [6.45, 7) is 4.07. The molecule has 3 saturated heterocycles. The highest BCUT2D eigenvalue weighted by atomic mass is 16.5. The highest BCUT2D eigenvalue weighted by Gasteiger charge is 2.66. The fourth-order valence-corrected chi connectivity index (χ4v) is 5.61. The molecule has 10 heteroatoms. The molecule has 4 atom stereocenters. The maximum Gasteiger partial charge on any atom is 0.332 e. The van der Waals surface area contributed by atoms with Crippen LogP contribution in [0.5, 0.6) is 11.5 Å². The van der Waals surface area contributed by atoms with Gasteiger partial charge in [-0.15, -0.1) is 0 Å². The average Bonchev–Trinajstić information content (AvgIpc) is 3.43. The lowest BCUT2D eigenvalue weighted by Gasteiger charge is -2.35. The van der Waals surface area contributed by atoms with Crippen LogP contribution in [0.2, 0.25) is 0 Å². The molecule has 4 heterocycles. The first kappa shape index (κ1) is 22.7. The van der Waals surface area contributed by atoms with Gasteiger partial charge in [-0.25, -0.2) is 14.7 Å². The minimum atomic E-state index is -0.735. The second-order valence-corrected chi connectivity index (χ2v) is 9.11. The number of amides is 4. The van der Waals surface area contributed by atoms with Crippen LogP contribution < -0.4 is 14.4 Å². The van der Waals surface area contributed by atoms with Crippen molar-refractivity contribution in [2.24, 2.45) is 5.92 Å². The summed E-state index contributed by atoms with van der Waals surface area (Å²) in [6.07, 6.45) is 1.52. The lowest BCUT2D eigenvalue weighted by atomic mass is 9.98. The number of nitrogens with zero attached hydrogens (tertiary/aromatic N) is 5. The first-order valence-corrected chi connectivity index (χ1v) is 11.3. The topological polar surface area (TPSA) is 116 Å². The van der Waals surface area contributed by atoms with Crippen LogP contribution in [0.1, 0.15) is 23.7 Å². The highest BCUT2D eigenvalue weighted by Crippen LogP contribution is 2.46. The van der Waals surface area contributed by atoms with Crippen molar-refractivity contribution < 1.29 is 23.9 Å². The second-order valence-electron chi connectivity index (χ2n) is 9.11. The normalized spacial score (nSPS) is 24.6. The zero-order valence-corrected chi connectivity index (χ0v) is 19.9. The molecule has 1 aromatic carbocycles. The number of hydrogen-bond acceptors (Lipinski definition) is 7. The largest absolute Gasteiger partial charge is 0.493 e. The molecule has 2 bridgehead atoms. The Morgan fingerprint density at radius 1 is 1.20 bits per heavy atom. The number of methoxy groups -OCH3 is 2. The van der Waals surface area contributed by atoms with E-state index in [1.807, 2.05) is 19.1 Å². The lowest BCUT2D eigenvalue weighted by Crippen LogP contribution is -2.55. The predicted molar refractivity (Wildman–Crippen MR) is 124 cm³/mol. The molecule has 2 aromatic rings. The van der Waals surface area contributed by atoms with Gasteiger partial charge in [-0.3, -0.25) is 9.59 Å². The third-order valence-electron chi connectivity index (χ3n) is 7.31. The molecule has 0 N–H and O–H groups in total. The van der Waals surface area contributed by atoms with E-state index in [-0.39, 0.29) is 35.9 Å². The number of urea groups is 1. The predicted octanol–water partition coefficient (Wildman–Crippen LogP) is 1.89. The van der Waals surface area contributed by atoms with Gasteiger partial charge < -0.3 is 19.3 Å². The molecule has 4 amide bonds. The molecule has 0 spiro atoms. The van der Waals surface area contributed by atoms with E-state index in [9.17, 15) is 14.4 Å². The van der Waals surface area contributed by atoms with Crippen molar-refractivity contribution in [1.82, 2.24) is 14.8 Å². The molecule has 3 aliphatic rings. The maximum atomic E-state index is 13.5. The van der Waals surface area contributed by atoms with Crippen molar-refractivity contribution in [3.8, 4) is 17.6 Å². The minimum absolute atomic E-state index is 0.0229. The summed E-state index contributed by atoms with van der Waals surface area (Å²) in [5.41, 5.74) is 1.94. The molecule has 1 aromatic heterocycles. The Kier molecular flexibility index (Phi) is 5.35. The molecule has 0 radical (unpaired) electrons. The number of benzene rings is 1. The van der Waals surface area contributed by atoms with Gasteiger partial charge in [0.15, 0.2) is 11.5 Å². The number of imide groups is 1. The first-order chi connectivity index (χ1) is 16.8. The molecule has 0 aliphatic carbocycles. The van der Waals surface area contributed by atoms with Gasteiger partial charge in [0.2, 0.25) is 5.91 Å². The number of fused-ring (bicyclic) bond motifs is 5. The van der Waals surface area contributed by atoms with Gasteiger partial charge in [-0.1, -0.05) is 13.0 Å². The summed E-state index contributed by atoms with van der Waals surface area (Å²) in [6, 6.07) is 7.17. The third kappa shape index (κ3) is 3.30. The number of aryl methyl sites for hydroxylation is 1. The van der Waals surface area contributed by atoms with Gasteiger partial charge in [0, 0.05) is 12.5 Å². The van der Waals surface area contributed by atoms with Crippen LogP contribution in [0.25, 0.3) is 0 Å². The van der Waals surface area contributed by atoms with Crippen molar-refractivity contribution >= 4 is 23.5 Å². The van der Waals surface area contributed by atoms with Crippen LogP contribution in [0.15, 0.2) is 30.5 Å². The summed E-state index contributed by atoms with van der Waals surface area (Å²) in [4.78, 5) is 48.7. The van der Waals surface area contributed by atoms with Crippen LogP contribution in [0.4, 0.5) is 10.5 Å². The Balaban J connectivity index is 1.39. The Morgan fingerprint density at radius 3 is 2.60 bits per heavy atom. The standard InChI is InChI=1S/C25H25N5O5/c1-13-7-16(11-27-17(13)10-26)29-24(32)23-22-14(2)18(30(23)25(29)33)12-28(22)21(31)9-15-5-6-19(34-3)20(8-15)35-4/h5-8,11,14,18,22-23H,9,12H2,1-4H3/t14-,18?,22?,23?/m0/s1. The van der Waals surface area contributed by atoms with E-state index in [2.05, 4.69) is 4.98 Å². The first-order valence-electron chi connectivity index (χ1n) is 11.3. The molecule has 0 saturated carbocycles. The quantitative estimate of drug-likeness (QED) is 0.607. The fraction of sp³-hybridized carbons (Fsp3) is 0.400. The number of ether oxygens (including phenoxy) is 2. The molecule has 180 valence electrons. The number of anilines is 1. The van der Waals surface area contributed by atoms with Crippen LogP contribution in [-0.2, 0) is 16.0 Å². The summed E-state index contributed by atoms with van der Waals surface area (Å²) in [5.74, 6) is 0.620. The lowest BCUT2D eigenvalue weighted by molar-refractivity contribution is -0.135. The number of pyridine rings is 1. The van der Waals surface area contributed by atoms with Gasteiger partial charge >= 0.3 is 6.03 Å². The summed E-state index contributed by atoms with van der Waals surface area (Å²) in [5, 5.41) is 9.14. The van der Waals surface area contributed by atoms with Crippen LogP contribution in [-0.4, -0.2) is 71.5 Å². The van der Waals surface area contributed by atoms with Gasteiger partial charge in [0.25, 0.3) is 5.91 Å². The van der Waals surface area contributed by atoms with E-state index in [4.69, 9.17) is 14.7 Å².